The van der Waals surface area contributed by atoms with Crippen molar-refractivity contribution in [1.82, 2.24) is 9.78 Å². The number of nitro groups is 1. The van der Waals surface area contributed by atoms with Crippen molar-refractivity contribution in [3.8, 4) is 0 Å². The van der Waals surface area contributed by atoms with Crippen LogP contribution in [-0.2, 0) is 7.05 Å². The summed E-state index contributed by atoms with van der Waals surface area (Å²) in [6.07, 6.45) is 0. The maximum Gasteiger partial charge on any atom is 0.290 e. The van der Waals surface area contributed by atoms with E-state index in [0.717, 1.165) is 0 Å². The monoisotopic (exact) mass is 245 g/mol. The molecule has 0 radical (unpaired) electrons. The summed E-state index contributed by atoms with van der Waals surface area (Å²) in [6, 6.07) is 2.76. The van der Waals surface area contributed by atoms with Crippen LogP contribution in [0.15, 0.2) is 12.1 Å². The quantitative estimate of drug-likeness (QED) is 0.574. The fourth-order valence-corrected chi connectivity index (χ4v) is 1.74. The second-order valence-electron chi connectivity index (χ2n) is 2.99. The summed E-state index contributed by atoms with van der Waals surface area (Å²) < 4.78 is 1.44. The van der Waals surface area contributed by atoms with E-state index in [9.17, 15) is 10.1 Å². The summed E-state index contributed by atoms with van der Waals surface area (Å²) in [6.45, 7) is 0. The Morgan fingerprint density at radius 3 is 2.73 bits per heavy atom. The lowest BCUT2D eigenvalue weighted by Crippen LogP contribution is -1.89. The molecule has 0 aliphatic rings. The molecule has 0 saturated carbocycles. The molecule has 2 rings (SSSR count). The van der Waals surface area contributed by atoms with E-state index in [1.807, 2.05) is 0 Å². The number of aromatic nitrogens is 2. The van der Waals surface area contributed by atoms with E-state index in [2.05, 4.69) is 5.10 Å². The summed E-state index contributed by atoms with van der Waals surface area (Å²) in [5, 5.41) is 15.7. The van der Waals surface area contributed by atoms with Gasteiger partial charge in [0.15, 0.2) is 0 Å². The zero-order valence-electron chi connectivity index (χ0n) is 7.57. The average Bonchev–Trinajstić information content (AvgIpc) is 2.43. The molecule has 1 aromatic heterocycles. The van der Waals surface area contributed by atoms with Gasteiger partial charge in [0.2, 0.25) is 0 Å². The van der Waals surface area contributed by atoms with Gasteiger partial charge in [-0.05, 0) is 6.07 Å². The zero-order chi connectivity index (χ0) is 11.2. The molecule has 0 N–H and O–H groups in total. The molecule has 0 bridgehead atoms. The Balaban J connectivity index is 2.82. The lowest BCUT2D eigenvalue weighted by molar-refractivity contribution is -0.384. The highest BCUT2D eigenvalue weighted by atomic mass is 35.5. The van der Waals surface area contributed by atoms with Gasteiger partial charge in [0.05, 0.1) is 4.92 Å². The number of fused-ring (bicyclic) bond motifs is 1. The number of hydrogen-bond acceptors (Lipinski definition) is 3. The molecule has 1 aromatic carbocycles. The first-order chi connectivity index (χ1) is 7.00. The van der Waals surface area contributed by atoms with Gasteiger partial charge in [-0.3, -0.25) is 14.8 Å². The van der Waals surface area contributed by atoms with E-state index in [4.69, 9.17) is 23.2 Å². The molecule has 0 fully saturated rings. The van der Waals surface area contributed by atoms with Gasteiger partial charge in [0.1, 0.15) is 15.7 Å². The third kappa shape index (κ3) is 1.53. The number of hydrogen-bond donors (Lipinski definition) is 0. The van der Waals surface area contributed by atoms with Crippen molar-refractivity contribution in [2.45, 2.75) is 0 Å². The number of nitrogens with zero attached hydrogens (tertiary/aromatic N) is 3. The molecule has 0 amide bonds. The largest absolute Gasteiger partial charge is 0.290 e. The minimum atomic E-state index is -0.551. The Morgan fingerprint density at radius 1 is 1.47 bits per heavy atom. The van der Waals surface area contributed by atoms with Crippen molar-refractivity contribution < 1.29 is 4.92 Å². The smallest absolute Gasteiger partial charge is 0.258 e. The van der Waals surface area contributed by atoms with Gasteiger partial charge in [-0.1, -0.05) is 23.2 Å². The number of benzene rings is 1. The van der Waals surface area contributed by atoms with Crippen molar-refractivity contribution in [1.29, 1.82) is 0 Å². The molecule has 0 atom stereocenters. The molecule has 0 aliphatic heterocycles. The molecule has 7 heteroatoms. The molecule has 15 heavy (non-hydrogen) atoms. The van der Waals surface area contributed by atoms with Crippen LogP contribution in [0.4, 0.5) is 5.69 Å². The molecule has 0 spiro atoms. The first kappa shape index (κ1) is 10.2. The van der Waals surface area contributed by atoms with Crippen LogP contribution in [0.5, 0.6) is 0 Å². The predicted octanol–water partition coefficient (Wildman–Crippen LogP) is 2.79. The summed E-state index contributed by atoms with van der Waals surface area (Å²) in [5.41, 5.74) is 0.289. The van der Waals surface area contributed by atoms with Crippen LogP contribution in [0.25, 0.3) is 10.9 Å². The molecule has 2 aromatic rings. The molecule has 0 saturated heterocycles. The van der Waals surface area contributed by atoms with Gasteiger partial charge in [-0.15, -0.1) is 0 Å². The van der Waals surface area contributed by atoms with E-state index < -0.39 is 4.92 Å². The summed E-state index contributed by atoms with van der Waals surface area (Å²) in [5.74, 6) is 0. The predicted molar refractivity (Wildman–Crippen MR) is 57.4 cm³/mol. The van der Waals surface area contributed by atoms with Gasteiger partial charge >= 0.3 is 0 Å². The molecule has 1 heterocycles. The average molecular weight is 246 g/mol. The van der Waals surface area contributed by atoms with Gasteiger partial charge in [-0.25, -0.2) is 0 Å². The molecule has 0 aliphatic carbocycles. The lowest BCUT2D eigenvalue weighted by atomic mass is 10.2. The summed E-state index contributed by atoms with van der Waals surface area (Å²) in [4.78, 5) is 10.1. The highest BCUT2D eigenvalue weighted by Gasteiger charge is 2.17. The van der Waals surface area contributed by atoms with Gasteiger partial charge in [0.25, 0.3) is 5.69 Å². The van der Waals surface area contributed by atoms with Crippen molar-refractivity contribution in [2.24, 2.45) is 7.05 Å². The Kier molecular flexibility index (Phi) is 2.28. The van der Waals surface area contributed by atoms with Crippen molar-refractivity contribution in [2.75, 3.05) is 0 Å². The standard InChI is InChI=1S/C8H5Cl2N3O2/c1-12-8(10)4-2-5(9)7(13(14)15)3-6(4)11-12/h2-3H,1H3. The van der Waals surface area contributed by atoms with E-state index in [0.29, 0.717) is 16.1 Å². The van der Waals surface area contributed by atoms with Crippen molar-refractivity contribution >= 4 is 39.8 Å². The topological polar surface area (TPSA) is 61.0 Å². The van der Waals surface area contributed by atoms with Crippen LogP contribution in [0, 0.1) is 10.1 Å². The first-order valence-electron chi connectivity index (χ1n) is 3.97. The van der Waals surface area contributed by atoms with Crippen LogP contribution >= 0.6 is 23.2 Å². The Labute approximate surface area is 94.3 Å². The third-order valence-electron chi connectivity index (χ3n) is 2.03. The zero-order valence-corrected chi connectivity index (χ0v) is 9.08. The minimum Gasteiger partial charge on any atom is -0.258 e. The summed E-state index contributed by atoms with van der Waals surface area (Å²) in [7, 11) is 1.65. The summed E-state index contributed by atoms with van der Waals surface area (Å²) >= 11 is 11.7. The highest BCUT2D eigenvalue weighted by molar-refractivity contribution is 6.37. The van der Waals surface area contributed by atoms with Gasteiger partial charge in [-0.2, -0.15) is 5.10 Å². The maximum absolute atomic E-state index is 10.6. The fourth-order valence-electron chi connectivity index (χ4n) is 1.32. The lowest BCUT2D eigenvalue weighted by Gasteiger charge is -1.94. The van der Waals surface area contributed by atoms with E-state index in [1.54, 1.807) is 7.05 Å². The van der Waals surface area contributed by atoms with E-state index in [-0.39, 0.29) is 10.7 Å². The molecule has 0 unspecified atom stereocenters. The third-order valence-corrected chi connectivity index (χ3v) is 2.78. The Hall–Kier alpha value is -1.33. The number of aryl methyl sites for hydroxylation is 1. The number of rotatable bonds is 1. The fraction of sp³-hybridized carbons (Fsp3) is 0.125. The number of halogens is 2. The highest BCUT2D eigenvalue weighted by Crippen LogP contribution is 2.32. The normalized spacial score (nSPS) is 10.9. The second-order valence-corrected chi connectivity index (χ2v) is 3.76. The van der Waals surface area contributed by atoms with Crippen LogP contribution in [0.2, 0.25) is 10.2 Å². The van der Waals surface area contributed by atoms with Crippen molar-refractivity contribution in [3.05, 3.63) is 32.4 Å². The number of nitro benzene ring substituents is 1. The van der Waals surface area contributed by atoms with E-state index >= 15 is 0 Å². The Bertz CT molecular complexity index is 565. The minimum absolute atomic E-state index is 0.0578. The molecular formula is C8H5Cl2N3O2. The van der Waals surface area contributed by atoms with Crippen LogP contribution in [-0.4, -0.2) is 14.7 Å². The van der Waals surface area contributed by atoms with Gasteiger partial charge < -0.3 is 0 Å². The molecule has 78 valence electrons. The second kappa shape index (κ2) is 3.36. The molecular weight excluding hydrogens is 241 g/mol. The Morgan fingerprint density at radius 2 is 2.13 bits per heavy atom. The van der Waals surface area contributed by atoms with Crippen molar-refractivity contribution in [3.63, 3.8) is 0 Å². The SMILES string of the molecule is Cn1nc2cc([N+](=O)[O-])c(Cl)cc2c1Cl. The van der Waals surface area contributed by atoms with Crippen LogP contribution < -0.4 is 0 Å². The maximum atomic E-state index is 10.6. The van der Waals surface area contributed by atoms with Crippen LogP contribution in [0.3, 0.4) is 0 Å². The van der Waals surface area contributed by atoms with Crippen LogP contribution in [0.1, 0.15) is 0 Å². The molecule has 5 nitrogen and oxygen atoms in total. The van der Waals surface area contributed by atoms with Gasteiger partial charge in [0, 0.05) is 18.5 Å². The first-order valence-corrected chi connectivity index (χ1v) is 4.72. The van der Waals surface area contributed by atoms with E-state index in [1.165, 1.54) is 16.8 Å².